The van der Waals surface area contributed by atoms with Gasteiger partial charge in [0.25, 0.3) is 0 Å². The number of nitrogens with one attached hydrogen (secondary N) is 1. The monoisotopic (exact) mass is 263 g/mol. The summed E-state index contributed by atoms with van der Waals surface area (Å²) in [5, 5.41) is 12.4. The minimum atomic E-state index is 0.458. The summed E-state index contributed by atoms with van der Waals surface area (Å²) in [4.78, 5) is 4.22. The highest BCUT2D eigenvalue weighted by Gasteiger charge is 2.18. The molecule has 1 N–H and O–H groups in total. The van der Waals surface area contributed by atoms with Crippen molar-refractivity contribution in [1.29, 1.82) is 0 Å². The van der Waals surface area contributed by atoms with Crippen molar-refractivity contribution in [3.8, 4) is 5.82 Å². The smallest absolute Gasteiger partial charge is 0.155 e. The van der Waals surface area contributed by atoms with E-state index in [-0.39, 0.29) is 0 Å². The van der Waals surface area contributed by atoms with Crippen LogP contribution in [0.15, 0.2) is 24.5 Å². The molecule has 1 fully saturated rings. The largest absolute Gasteiger partial charge is 0.316 e. The summed E-state index contributed by atoms with van der Waals surface area (Å²) in [6, 6.07) is 3.63. The van der Waals surface area contributed by atoms with Crippen molar-refractivity contribution in [2.45, 2.75) is 18.8 Å². The Balaban J connectivity index is 1.82. The molecule has 1 unspecified atom stereocenters. The quantitative estimate of drug-likeness (QED) is 0.897. The third kappa shape index (κ3) is 2.37. The van der Waals surface area contributed by atoms with Gasteiger partial charge in [-0.3, -0.25) is 0 Å². The molecule has 0 bridgehead atoms. The first-order chi connectivity index (χ1) is 8.83. The zero-order valence-electron chi connectivity index (χ0n) is 9.88. The van der Waals surface area contributed by atoms with E-state index < -0.39 is 0 Å². The van der Waals surface area contributed by atoms with Gasteiger partial charge < -0.3 is 5.32 Å². The topological polar surface area (TPSA) is 55.6 Å². The molecule has 6 heteroatoms. The summed E-state index contributed by atoms with van der Waals surface area (Å²) in [5.41, 5.74) is 1.03. The first kappa shape index (κ1) is 11.6. The Morgan fingerprint density at radius 3 is 3.06 bits per heavy atom. The highest BCUT2D eigenvalue weighted by Crippen LogP contribution is 2.21. The summed E-state index contributed by atoms with van der Waals surface area (Å²) >= 11 is 5.81. The molecule has 0 aliphatic carbocycles. The molecule has 0 saturated carbocycles. The van der Waals surface area contributed by atoms with Gasteiger partial charge in [-0.05, 0) is 31.5 Å². The Morgan fingerprint density at radius 2 is 2.33 bits per heavy atom. The van der Waals surface area contributed by atoms with Crippen LogP contribution in [0.5, 0.6) is 0 Å². The summed E-state index contributed by atoms with van der Waals surface area (Å²) in [6.45, 7) is 2.08. The lowest BCUT2D eigenvalue weighted by Crippen LogP contribution is -2.28. The minimum absolute atomic E-state index is 0.458. The van der Waals surface area contributed by atoms with Gasteiger partial charge in [0.1, 0.15) is 0 Å². The van der Waals surface area contributed by atoms with Crippen LogP contribution in [-0.2, 0) is 0 Å². The zero-order chi connectivity index (χ0) is 12.4. The first-order valence-corrected chi connectivity index (χ1v) is 6.45. The van der Waals surface area contributed by atoms with Crippen LogP contribution >= 0.6 is 11.6 Å². The molecule has 3 heterocycles. The van der Waals surface area contributed by atoms with Crippen LogP contribution in [-0.4, -0.2) is 33.1 Å². The number of aromatic nitrogens is 4. The second-order valence-electron chi connectivity index (χ2n) is 4.47. The Morgan fingerprint density at radius 1 is 1.39 bits per heavy atom. The highest BCUT2D eigenvalue weighted by atomic mass is 35.5. The van der Waals surface area contributed by atoms with E-state index in [2.05, 4.69) is 20.6 Å². The maximum absolute atomic E-state index is 5.81. The van der Waals surface area contributed by atoms with Gasteiger partial charge in [0.05, 0.1) is 16.9 Å². The van der Waals surface area contributed by atoms with Gasteiger partial charge in [0, 0.05) is 18.7 Å². The van der Waals surface area contributed by atoms with Crippen LogP contribution in [0.3, 0.4) is 0 Å². The van der Waals surface area contributed by atoms with E-state index in [0.29, 0.717) is 10.9 Å². The van der Waals surface area contributed by atoms with E-state index in [9.17, 15) is 0 Å². The van der Waals surface area contributed by atoms with Crippen molar-refractivity contribution in [3.63, 3.8) is 0 Å². The lowest BCUT2D eigenvalue weighted by atomic mass is 9.97. The summed E-state index contributed by atoms with van der Waals surface area (Å²) < 4.78 is 1.69. The van der Waals surface area contributed by atoms with E-state index in [1.54, 1.807) is 16.9 Å². The van der Waals surface area contributed by atoms with Crippen molar-refractivity contribution >= 4 is 11.6 Å². The molecule has 1 atom stereocenters. The molecule has 1 aliphatic rings. The van der Waals surface area contributed by atoms with E-state index >= 15 is 0 Å². The van der Waals surface area contributed by atoms with Crippen LogP contribution in [0.25, 0.3) is 5.82 Å². The predicted octanol–water partition coefficient (Wildman–Crippen LogP) is 1.78. The molecular weight excluding hydrogens is 250 g/mol. The van der Waals surface area contributed by atoms with Crippen LogP contribution < -0.4 is 5.32 Å². The summed E-state index contributed by atoms with van der Waals surface area (Å²) in [6.07, 6.45) is 5.92. The maximum atomic E-state index is 5.81. The number of hydrogen-bond donors (Lipinski definition) is 1. The molecule has 1 saturated heterocycles. The molecule has 5 nitrogen and oxygen atoms in total. The number of pyridine rings is 1. The van der Waals surface area contributed by atoms with Gasteiger partial charge in [-0.15, -0.1) is 5.10 Å². The molecule has 0 spiro atoms. The van der Waals surface area contributed by atoms with Crippen molar-refractivity contribution < 1.29 is 0 Å². The Kier molecular flexibility index (Phi) is 3.25. The SMILES string of the molecule is Clc1ccc(-n2cc(C3CCCNC3)nn2)nc1. The van der Waals surface area contributed by atoms with Crippen LogP contribution in [0, 0.1) is 0 Å². The lowest BCUT2D eigenvalue weighted by molar-refractivity contribution is 0.454. The second-order valence-corrected chi connectivity index (χ2v) is 4.90. The van der Waals surface area contributed by atoms with Gasteiger partial charge in [-0.25, -0.2) is 9.67 Å². The number of rotatable bonds is 2. The fraction of sp³-hybridized carbons (Fsp3) is 0.417. The number of hydrogen-bond acceptors (Lipinski definition) is 4. The third-order valence-corrected chi connectivity index (χ3v) is 3.40. The number of piperidine rings is 1. The van der Waals surface area contributed by atoms with Crippen molar-refractivity contribution in [1.82, 2.24) is 25.3 Å². The molecule has 0 amide bonds. The van der Waals surface area contributed by atoms with E-state index in [1.807, 2.05) is 12.3 Å². The van der Waals surface area contributed by atoms with Gasteiger partial charge in [0.15, 0.2) is 5.82 Å². The van der Waals surface area contributed by atoms with E-state index in [4.69, 9.17) is 11.6 Å². The number of nitrogens with zero attached hydrogens (tertiary/aromatic N) is 4. The molecule has 18 heavy (non-hydrogen) atoms. The Hall–Kier alpha value is -1.46. The normalized spacial score (nSPS) is 19.9. The maximum Gasteiger partial charge on any atom is 0.155 e. The van der Waals surface area contributed by atoms with Gasteiger partial charge >= 0.3 is 0 Å². The van der Waals surface area contributed by atoms with Gasteiger partial charge in [0.2, 0.25) is 0 Å². The molecular formula is C12H14ClN5. The van der Waals surface area contributed by atoms with Gasteiger partial charge in [-0.1, -0.05) is 16.8 Å². The van der Waals surface area contributed by atoms with E-state index in [1.165, 1.54) is 12.8 Å². The molecule has 2 aromatic rings. The summed E-state index contributed by atoms with van der Waals surface area (Å²) in [5.74, 6) is 1.20. The molecule has 1 aliphatic heterocycles. The predicted molar refractivity (Wildman–Crippen MR) is 69.0 cm³/mol. The zero-order valence-corrected chi connectivity index (χ0v) is 10.6. The van der Waals surface area contributed by atoms with Crippen molar-refractivity contribution in [2.75, 3.05) is 13.1 Å². The highest BCUT2D eigenvalue weighted by molar-refractivity contribution is 6.30. The van der Waals surface area contributed by atoms with Crippen molar-refractivity contribution in [2.24, 2.45) is 0 Å². The van der Waals surface area contributed by atoms with E-state index in [0.717, 1.165) is 24.6 Å². The average Bonchev–Trinajstić information content (AvgIpc) is 2.90. The minimum Gasteiger partial charge on any atom is -0.316 e. The van der Waals surface area contributed by atoms with Crippen LogP contribution in [0.1, 0.15) is 24.5 Å². The van der Waals surface area contributed by atoms with Gasteiger partial charge in [-0.2, -0.15) is 0 Å². The Bertz CT molecular complexity index is 516. The standard InChI is InChI=1S/C12H14ClN5/c13-10-3-4-12(15-7-10)18-8-11(16-17-18)9-2-1-5-14-6-9/h3-4,7-9,14H,1-2,5-6H2. The molecule has 94 valence electrons. The number of halogens is 1. The fourth-order valence-corrected chi connectivity index (χ4v) is 2.30. The summed E-state index contributed by atoms with van der Waals surface area (Å²) in [7, 11) is 0. The fourth-order valence-electron chi connectivity index (χ4n) is 2.18. The first-order valence-electron chi connectivity index (χ1n) is 6.08. The van der Waals surface area contributed by atoms with Crippen molar-refractivity contribution in [3.05, 3.63) is 35.2 Å². The molecule has 3 rings (SSSR count). The molecule has 2 aromatic heterocycles. The van der Waals surface area contributed by atoms with Crippen LogP contribution in [0.4, 0.5) is 0 Å². The van der Waals surface area contributed by atoms with Crippen LogP contribution in [0.2, 0.25) is 5.02 Å². The second kappa shape index (κ2) is 5.04. The molecule has 0 aromatic carbocycles. The average molecular weight is 264 g/mol. The third-order valence-electron chi connectivity index (χ3n) is 3.17. The lowest BCUT2D eigenvalue weighted by Gasteiger charge is -2.20. The molecule has 0 radical (unpaired) electrons. The Labute approximate surface area is 110 Å².